The highest BCUT2D eigenvalue weighted by molar-refractivity contribution is 5.80. The summed E-state index contributed by atoms with van der Waals surface area (Å²) in [6.45, 7) is 9.30. The molecule has 1 saturated carbocycles. The summed E-state index contributed by atoms with van der Waals surface area (Å²) in [6, 6.07) is 17.4. The molecule has 0 unspecified atom stereocenters. The second-order valence-corrected chi connectivity index (χ2v) is 10.6. The van der Waals surface area contributed by atoms with Gasteiger partial charge in [-0.05, 0) is 55.7 Å². The predicted octanol–water partition coefficient (Wildman–Crippen LogP) is 5.55. The van der Waals surface area contributed by atoms with Crippen LogP contribution in [-0.2, 0) is 11.3 Å². The van der Waals surface area contributed by atoms with Gasteiger partial charge in [-0.1, -0.05) is 68.7 Å². The summed E-state index contributed by atoms with van der Waals surface area (Å²) in [6.07, 6.45) is 5.41. The average molecular weight is 459 g/mol. The van der Waals surface area contributed by atoms with Crippen molar-refractivity contribution in [2.24, 2.45) is 17.8 Å². The second kappa shape index (κ2) is 9.81. The molecule has 0 radical (unpaired) electrons. The summed E-state index contributed by atoms with van der Waals surface area (Å²) in [5.74, 6) is 2.66. The van der Waals surface area contributed by atoms with Crippen LogP contribution in [0.4, 0.5) is 5.95 Å². The summed E-state index contributed by atoms with van der Waals surface area (Å²) < 4.78 is 2.34. The van der Waals surface area contributed by atoms with Crippen molar-refractivity contribution >= 4 is 22.9 Å². The largest absolute Gasteiger partial charge is 0.353 e. The van der Waals surface area contributed by atoms with Crippen LogP contribution in [0.5, 0.6) is 0 Å². The maximum Gasteiger partial charge on any atom is 0.223 e. The normalized spacial score (nSPS) is 23.9. The van der Waals surface area contributed by atoms with Gasteiger partial charge in [0.05, 0.1) is 17.6 Å². The van der Waals surface area contributed by atoms with E-state index < -0.39 is 0 Å². The van der Waals surface area contributed by atoms with E-state index in [1.54, 1.807) is 0 Å². The first-order valence-electron chi connectivity index (χ1n) is 13.1. The van der Waals surface area contributed by atoms with Gasteiger partial charge in [0.25, 0.3) is 0 Å². The fraction of sp³-hybridized carbons (Fsp3) is 0.517. The number of nitrogens with zero attached hydrogens (tertiary/aromatic N) is 3. The highest BCUT2D eigenvalue weighted by Gasteiger charge is 2.32. The Kier molecular flexibility index (Phi) is 6.62. The van der Waals surface area contributed by atoms with E-state index in [0.717, 1.165) is 50.4 Å². The Morgan fingerprint density at radius 2 is 1.82 bits per heavy atom. The van der Waals surface area contributed by atoms with Crippen LogP contribution in [0.2, 0.25) is 0 Å². The molecule has 3 atom stereocenters. The van der Waals surface area contributed by atoms with Crippen LogP contribution < -0.4 is 10.2 Å². The molecule has 2 aromatic carbocycles. The molecule has 1 aliphatic heterocycles. The number of aromatic nitrogens is 2. The minimum absolute atomic E-state index is 0.107. The number of anilines is 1. The molecule has 5 rings (SSSR count). The molecule has 1 N–H and O–H groups in total. The number of carbonyl (C=O) groups excluding carboxylic acids is 1. The lowest BCUT2D eigenvalue weighted by molar-refractivity contribution is -0.127. The van der Waals surface area contributed by atoms with E-state index in [1.807, 2.05) is 0 Å². The van der Waals surface area contributed by atoms with Crippen LogP contribution in [0.15, 0.2) is 48.5 Å². The van der Waals surface area contributed by atoms with E-state index in [1.165, 1.54) is 29.5 Å². The molecule has 34 heavy (non-hydrogen) atoms. The van der Waals surface area contributed by atoms with Crippen molar-refractivity contribution in [3.63, 3.8) is 0 Å². The number of para-hydroxylation sites is 2. The number of amides is 1. The first-order chi connectivity index (χ1) is 16.5. The molecule has 1 aliphatic carbocycles. The molecular formula is C29H38N4O. The van der Waals surface area contributed by atoms with Crippen molar-refractivity contribution in [1.82, 2.24) is 14.9 Å². The van der Waals surface area contributed by atoms with Gasteiger partial charge in [0.15, 0.2) is 0 Å². The standard InChI is InChI=1S/C29H38N4O/c1-20-8-6-10-23(18-20)19-33-27-13-5-4-11-26(27)31-29(33)32-16-14-24(15-17-32)28(34)30-25-12-7-9-21(2)22(25)3/h4-6,8,10-11,13,18,21-22,24-25H,7,9,12,14-17,19H2,1-3H3,(H,30,34)/t21-,22+,25-/m1/s1. The van der Waals surface area contributed by atoms with E-state index in [0.29, 0.717) is 17.9 Å². The highest BCUT2D eigenvalue weighted by Crippen LogP contribution is 2.31. The number of hydrogen-bond acceptors (Lipinski definition) is 3. The van der Waals surface area contributed by atoms with Gasteiger partial charge in [0.1, 0.15) is 0 Å². The van der Waals surface area contributed by atoms with Crippen LogP contribution in [0, 0.1) is 24.7 Å². The van der Waals surface area contributed by atoms with E-state index in [-0.39, 0.29) is 11.8 Å². The number of piperidine rings is 1. The fourth-order valence-corrected chi connectivity index (χ4v) is 5.88. The number of rotatable bonds is 5. The lowest BCUT2D eigenvalue weighted by atomic mass is 9.78. The Balaban J connectivity index is 1.29. The zero-order valence-electron chi connectivity index (χ0n) is 20.8. The van der Waals surface area contributed by atoms with Gasteiger partial charge >= 0.3 is 0 Å². The molecule has 1 amide bonds. The Hall–Kier alpha value is -2.82. The molecule has 2 fully saturated rings. The highest BCUT2D eigenvalue weighted by atomic mass is 16.2. The minimum atomic E-state index is 0.107. The second-order valence-electron chi connectivity index (χ2n) is 10.6. The van der Waals surface area contributed by atoms with E-state index in [2.05, 4.69) is 84.1 Å². The smallest absolute Gasteiger partial charge is 0.223 e. The van der Waals surface area contributed by atoms with Gasteiger partial charge in [0, 0.05) is 25.0 Å². The number of carbonyl (C=O) groups is 1. The summed E-state index contributed by atoms with van der Waals surface area (Å²) in [7, 11) is 0. The molecule has 2 aliphatic rings. The van der Waals surface area contributed by atoms with Crippen molar-refractivity contribution in [3.8, 4) is 0 Å². The van der Waals surface area contributed by atoms with Gasteiger partial charge in [-0.15, -0.1) is 0 Å². The van der Waals surface area contributed by atoms with Crippen LogP contribution in [0.25, 0.3) is 11.0 Å². The quantitative estimate of drug-likeness (QED) is 0.545. The molecule has 5 heteroatoms. The minimum Gasteiger partial charge on any atom is -0.353 e. The van der Waals surface area contributed by atoms with Gasteiger partial charge in [-0.25, -0.2) is 4.98 Å². The van der Waals surface area contributed by atoms with Crippen LogP contribution in [-0.4, -0.2) is 34.6 Å². The summed E-state index contributed by atoms with van der Waals surface area (Å²) >= 11 is 0. The third kappa shape index (κ3) is 4.70. The first kappa shape index (κ1) is 22.9. The number of hydrogen-bond donors (Lipinski definition) is 1. The molecule has 1 saturated heterocycles. The van der Waals surface area contributed by atoms with Crippen LogP contribution in [0.1, 0.15) is 57.1 Å². The molecule has 1 aromatic heterocycles. The number of aryl methyl sites for hydroxylation is 1. The fourth-order valence-electron chi connectivity index (χ4n) is 5.88. The van der Waals surface area contributed by atoms with Crippen molar-refractivity contribution in [2.75, 3.05) is 18.0 Å². The number of fused-ring (bicyclic) bond motifs is 1. The number of benzene rings is 2. The lowest BCUT2D eigenvalue weighted by Crippen LogP contribution is -2.48. The predicted molar refractivity (Wildman–Crippen MR) is 139 cm³/mol. The Labute approximate surface area is 203 Å². The number of imidazole rings is 1. The molecule has 2 heterocycles. The summed E-state index contributed by atoms with van der Waals surface area (Å²) in [5, 5.41) is 3.42. The molecule has 3 aromatic rings. The van der Waals surface area contributed by atoms with Crippen molar-refractivity contribution in [1.29, 1.82) is 0 Å². The van der Waals surface area contributed by atoms with Gasteiger partial charge < -0.3 is 14.8 Å². The van der Waals surface area contributed by atoms with E-state index in [9.17, 15) is 4.79 Å². The van der Waals surface area contributed by atoms with Crippen molar-refractivity contribution in [2.45, 2.75) is 65.5 Å². The van der Waals surface area contributed by atoms with Crippen molar-refractivity contribution in [3.05, 3.63) is 59.7 Å². The molecular weight excluding hydrogens is 420 g/mol. The van der Waals surface area contributed by atoms with Crippen LogP contribution >= 0.6 is 0 Å². The first-order valence-corrected chi connectivity index (χ1v) is 13.1. The van der Waals surface area contributed by atoms with Crippen LogP contribution in [0.3, 0.4) is 0 Å². The topological polar surface area (TPSA) is 50.2 Å². The van der Waals surface area contributed by atoms with Gasteiger partial charge in [0.2, 0.25) is 11.9 Å². The van der Waals surface area contributed by atoms with E-state index in [4.69, 9.17) is 4.98 Å². The maximum absolute atomic E-state index is 13.1. The molecule has 0 spiro atoms. The maximum atomic E-state index is 13.1. The average Bonchev–Trinajstić information content (AvgIpc) is 3.20. The SMILES string of the molecule is Cc1cccc(Cn2c(N3CCC(C(=O)N[C@@H]4CCC[C@@H](C)[C@@H]4C)CC3)nc3ccccc32)c1. The third-order valence-electron chi connectivity index (χ3n) is 8.24. The molecule has 0 bridgehead atoms. The monoisotopic (exact) mass is 458 g/mol. The Morgan fingerprint density at radius 3 is 2.62 bits per heavy atom. The molecule has 5 nitrogen and oxygen atoms in total. The van der Waals surface area contributed by atoms with Crippen molar-refractivity contribution < 1.29 is 4.79 Å². The number of nitrogens with one attached hydrogen (secondary N) is 1. The Morgan fingerprint density at radius 1 is 1.03 bits per heavy atom. The summed E-state index contributed by atoms with van der Waals surface area (Å²) in [5.41, 5.74) is 4.76. The molecule has 180 valence electrons. The lowest BCUT2D eigenvalue weighted by Gasteiger charge is -2.37. The Bertz CT molecular complexity index is 1140. The summed E-state index contributed by atoms with van der Waals surface area (Å²) in [4.78, 5) is 20.5. The third-order valence-corrected chi connectivity index (χ3v) is 8.24. The zero-order valence-corrected chi connectivity index (χ0v) is 20.8. The van der Waals surface area contributed by atoms with Gasteiger partial charge in [-0.2, -0.15) is 0 Å². The zero-order chi connectivity index (χ0) is 23.7. The van der Waals surface area contributed by atoms with E-state index >= 15 is 0 Å². The van der Waals surface area contributed by atoms with Gasteiger partial charge in [-0.3, -0.25) is 4.79 Å².